The monoisotopic (exact) mass is 382 g/mol. The van der Waals surface area contributed by atoms with Crippen LogP contribution in [0.15, 0.2) is 48.5 Å². The molecule has 2 fully saturated rings. The number of ether oxygens (including phenoxy) is 2. The fourth-order valence-corrected chi connectivity index (χ4v) is 4.10. The van der Waals surface area contributed by atoms with Crippen LogP contribution in [0.2, 0.25) is 0 Å². The van der Waals surface area contributed by atoms with E-state index in [1.165, 1.54) is 0 Å². The Morgan fingerprint density at radius 1 is 1.18 bits per heavy atom. The predicted octanol–water partition coefficient (Wildman–Crippen LogP) is 3.51. The quantitative estimate of drug-likeness (QED) is 0.852. The van der Waals surface area contributed by atoms with E-state index >= 15 is 0 Å². The van der Waals surface area contributed by atoms with Gasteiger partial charge in [0.25, 0.3) is 0 Å². The third-order valence-corrected chi connectivity index (χ3v) is 5.71. The Morgan fingerprint density at radius 3 is 2.54 bits per heavy atom. The van der Waals surface area contributed by atoms with Crippen molar-refractivity contribution < 1.29 is 19.4 Å². The molecular formula is C22H26N2O4. The zero-order valence-electron chi connectivity index (χ0n) is 16.1. The van der Waals surface area contributed by atoms with Crippen LogP contribution in [-0.2, 0) is 4.74 Å². The molecule has 1 atom stereocenters. The number of carbonyl (C=O) groups excluding carboxylic acids is 1. The molecule has 0 aromatic heterocycles. The fourth-order valence-electron chi connectivity index (χ4n) is 4.10. The van der Waals surface area contributed by atoms with Crippen molar-refractivity contribution in [2.75, 3.05) is 32.1 Å². The van der Waals surface area contributed by atoms with Crippen LogP contribution in [0.4, 0.5) is 10.5 Å². The Kier molecular flexibility index (Phi) is 5.24. The maximum Gasteiger partial charge on any atom is 0.321 e. The van der Waals surface area contributed by atoms with Crippen molar-refractivity contribution in [3.05, 3.63) is 48.5 Å². The second kappa shape index (κ2) is 7.81. The van der Waals surface area contributed by atoms with Crippen molar-refractivity contribution in [1.82, 2.24) is 4.90 Å². The van der Waals surface area contributed by atoms with Crippen LogP contribution in [-0.4, -0.2) is 54.5 Å². The van der Waals surface area contributed by atoms with Gasteiger partial charge in [0.1, 0.15) is 5.75 Å². The maximum absolute atomic E-state index is 12.6. The van der Waals surface area contributed by atoms with Crippen molar-refractivity contribution in [2.45, 2.75) is 31.0 Å². The molecule has 2 heterocycles. The second-order valence-corrected chi connectivity index (χ2v) is 7.55. The van der Waals surface area contributed by atoms with Gasteiger partial charge in [-0.1, -0.05) is 30.3 Å². The Bertz CT molecular complexity index is 829. The summed E-state index contributed by atoms with van der Waals surface area (Å²) in [6.07, 6.45) is 1.84. The van der Waals surface area contributed by atoms with Crippen molar-refractivity contribution >= 4 is 11.7 Å². The van der Waals surface area contributed by atoms with E-state index in [-0.39, 0.29) is 17.7 Å². The third kappa shape index (κ3) is 3.84. The zero-order valence-corrected chi connectivity index (χ0v) is 16.1. The number of rotatable bonds is 3. The van der Waals surface area contributed by atoms with Gasteiger partial charge in [-0.3, -0.25) is 0 Å². The lowest BCUT2D eigenvalue weighted by Crippen LogP contribution is -2.47. The van der Waals surface area contributed by atoms with Gasteiger partial charge in [-0.25, -0.2) is 4.79 Å². The summed E-state index contributed by atoms with van der Waals surface area (Å²) in [6.45, 7) is 1.68. The number of methoxy groups -OCH3 is 1. The van der Waals surface area contributed by atoms with E-state index in [9.17, 15) is 9.90 Å². The molecule has 148 valence electrons. The van der Waals surface area contributed by atoms with Crippen LogP contribution in [0.5, 0.6) is 5.75 Å². The number of nitrogens with zero attached hydrogens (tertiary/aromatic N) is 1. The fraction of sp³-hybridized carbons (Fsp3) is 0.409. The van der Waals surface area contributed by atoms with Crippen molar-refractivity contribution in [3.8, 4) is 16.9 Å². The summed E-state index contributed by atoms with van der Waals surface area (Å²) in [5.74, 6) is 0.820. The number of para-hydroxylation sites is 1. The first kappa shape index (κ1) is 18.8. The summed E-state index contributed by atoms with van der Waals surface area (Å²) in [5.41, 5.74) is 2.57. The second-order valence-electron chi connectivity index (χ2n) is 7.55. The molecule has 2 N–H and O–H groups in total. The highest BCUT2D eigenvalue weighted by Gasteiger charge is 2.42. The molecule has 0 radical (unpaired) electrons. The lowest BCUT2D eigenvalue weighted by atomic mass is 9.88. The molecule has 2 aromatic rings. The number of carbonyl (C=O) groups is 1. The number of urea groups is 1. The molecule has 6 nitrogen and oxygen atoms in total. The van der Waals surface area contributed by atoms with E-state index in [4.69, 9.17) is 9.47 Å². The maximum atomic E-state index is 12.6. The first-order chi connectivity index (χ1) is 13.6. The number of aliphatic hydroxyl groups excluding tert-OH is 1. The SMILES string of the molecule is COc1ccccc1-c1ccc(NC(=O)N2CCC3(CC2)C[C@H](O)CO3)cc1. The van der Waals surface area contributed by atoms with Gasteiger partial charge >= 0.3 is 6.03 Å². The average Bonchev–Trinajstić information content (AvgIpc) is 3.09. The third-order valence-electron chi connectivity index (χ3n) is 5.71. The van der Waals surface area contributed by atoms with E-state index in [0.29, 0.717) is 26.1 Å². The van der Waals surface area contributed by atoms with Gasteiger partial charge in [0.05, 0.1) is 25.4 Å². The molecule has 2 saturated heterocycles. The van der Waals surface area contributed by atoms with Gasteiger partial charge in [-0.15, -0.1) is 0 Å². The smallest absolute Gasteiger partial charge is 0.321 e. The zero-order chi connectivity index (χ0) is 19.6. The first-order valence-corrected chi connectivity index (χ1v) is 9.70. The summed E-state index contributed by atoms with van der Waals surface area (Å²) in [5, 5.41) is 12.7. The van der Waals surface area contributed by atoms with Gasteiger partial charge in [0.2, 0.25) is 0 Å². The van der Waals surface area contributed by atoms with Crippen LogP contribution in [0, 0.1) is 0 Å². The van der Waals surface area contributed by atoms with Gasteiger partial charge in [0.15, 0.2) is 0 Å². The van der Waals surface area contributed by atoms with Crippen LogP contribution in [0.25, 0.3) is 11.1 Å². The molecule has 6 heteroatoms. The molecule has 2 aromatic carbocycles. The summed E-state index contributed by atoms with van der Waals surface area (Å²) < 4.78 is 11.2. The number of likely N-dealkylation sites (tertiary alicyclic amines) is 1. The van der Waals surface area contributed by atoms with Crippen molar-refractivity contribution in [3.63, 3.8) is 0 Å². The first-order valence-electron chi connectivity index (χ1n) is 9.70. The largest absolute Gasteiger partial charge is 0.496 e. The summed E-state index contributed by atoms with van der Waals surface area (Å²) >= 11 is 0. The Hall–Kier alpha value is -2.57. The summed E-state index contributed by atoms with van der Waals surface area (Å²) in [6, 6.07) is 15.5. The number of amides is 2. The number of aliphatic hydroxyl groups is 1. The molecule has 0 aliphatic carbocycles. The minimum Gasteiger partial charge on any atom is -0.496 e. The molecule has 1 spiro atoms. The van der Waals surface area contributed by atoms with Crippen LogP contribution in [0.1, 0.15) is 19.3 Å². The average molecular weight is 382 g/mol. The van der Waals surface area contributed by atoms with Gasteiger partial charge in [-0.2, -0.15) is 0 Å². The normalized spacial score (nSPS) is 20.9. The predicted molar refractivity (Wildman–Crippen MR) is 108 cm³/mol. The highest BCUT2D eigenvalue weighted by atomic mass is 16.5. The minimum absolute atomic E-state index is 0.0987. The van der Waals surface area contributed by atoms with Gasteiger partial charge in [0, 0.05) is 30.8 Å². The number of nitrogens with one attached hydrogen (secondary N) is 1. The van der Waals surface area contributed by atoms with E-state index in [1.54, 1.807) is 7.11 Å². The van der Waals surface area contributed by atoms with Gasteiger partial charge in [-0.05, 0) is 36.6 Å². The molecule has 2 aliphatic rings. The molecule has 2 aliphatic heterocycles. The number of benzene rings is 2. The van der Waals surface area contributed by atoms with Crippen LogP contribution >= 0.6 is 0 Å². The highest BCUT2D eigenvalue weighted by Crippen LogP contribution is 2.36. The lowest BCUT2D eigenvalue weighted by molar-refractivity contribution is -0.0365. The van der Waals surface area contributed by atoms with Crippen LogP contribution < -0.4 is 10.1 Å². The van der Waals surface area contributed by atoms with Crippen LogP contribution in [0.3, 0.4) is 0 Å². The molecule has 4 rings (SSSR count). The van der Waals surface area contributed by atoms with Crippen molar-refractivity contribution in [1.29, 1.82) is 0 Å². The molecule has 28 heavy (non-hydrogen) atoms. The van der Waals surface area contributed by atoms with E-state index in [2.05, 4.69) is 5.32 Å². The molecular weight excluding hydrogens is 356 g/mol. The van der Waals surface area contributed by atoms with E-state index in [0.717, 1.165) is 35.4 Å². The minimum atomic E-state index is -0.373. The Morgan fingerprint density at radius 2 is 1.89 bits per heavy atom. The Balaban J connectivity index is 1.36. The molecule has 0 saturated carbocycles. The molecule has 0 bridgehead atoms. The number of anilines is 1. The van der Waals surface area contributed by atoms with Crippen molar-refractivity contribution in [2.24, 2.45) is 0 Å². The summed E-state index contributed by atoms with van der Waals surface area (Å²) in [7, 11) is 1.66. The standard InChI is InChI=1S/C22H26N2O4/c1-27-20-5-3-2-4-19(20)16-6-8-17(9-7-16)23-21(26)24-12-10-22(11-13-24)14-18(25)15-28-22/h2-9,18,25H,10-15H2,1H3,(H,23,26)/t18-/m0/s1. The topological polar surface area (TPSA) is 71.0 Å². The highest BCUT2D eigenvalue weighted by molar-refractivity contribution is 5.89. The molecule has 0 unspecified atom stereocenters. The molecule has 2 amide bonds. The Labute approximate surface area is 165 Å². The number of hydrogen-bond acceptors (Lipinski definition) is 4. The van der Waals surface area contributed by atoms with Gasteiger partial charge < -0.3 is 24.8 Å². The lowest BCUT2D eigenvalue weighted by Gasteiger charge is -2.38. The van der Waals surface area contributed by atoms with E-state index in [1.807, 2.05) is 53.4 Å². The number of piperidine rings is 1. The van der Waals surface area contributed by atoms with E-state index < -0.39 is 0 Å². The number of hydrogen-bond donors (Lipinski definition) is 2. The summed E-state index contributed by atoms with van der Waals surface area (Å²) in [4.78, 5) is 14.4.